The van der Waals surface area contributed by atoms with Gasteiger partial charge in [0.1, 0.15) is 11.6 Å². The van der Waals surface area contributed by atoms with Gasteiger partial charge in [-0.3, -0.25) is 14.5 Å². The Hall–Kier alpha value is -3.21. The number of fused-ring (bicyclic) bond motifs is 1. The summed E-state index contributed by atoms with van der Waals surface area (Å²) in [6.45, 7) is 6.54. The summed E-state index contributed by atoms with van der Waals surface area (Å²) in [5, 5.41) is 17.1. The van der Waals surface area contributed by atoms with Crippen LogP contribution < -0.4 is 15.5 Å². The normalized spacial score (nSPS) is 16.9. The molecule has 3 N–H and O–H groups in total. The third-order valence-corrected chi connectivity index (χ3v) is 7.57. The van der Waals surface area contributed by atoms with Gasteiger partial charge in [0.25, 0.3) is 5.91 Å². The van der Waals surface area contributed by atoms with Crippen molar-refractivity contribution in [1.29, 1.82) is 0 Å². The number of nitrogens with one attached hydrogen (secondary N) is 2. The first-order valence-electron chi connectivity index (χ1n) is 13.8. The van der Waals surface area contributed by atoms with Gasteiger partial charge in [-0.2, -0.15) is 0 Å². The number of pyridine rings is 1. The lowest BCUT2D eigenvalue weighted by Crippen LogP contribution is -2.42. The molecule has 10 heteroatoms. The molecule has 1 atom stereocenters. The van der Waals surface area contributed by atoms with Gasteiger partial charge >= 0.3 is 0 Å². The van der Waals surface area contributed by atoms with Gasteiger partial charge in [-0.25, -0.2) is 4.98 Å². The second kappa shape index (κ2) is 13.7. The first-order chi connectivity index (χ1) is 18.8. The van der Waals surface area contributed by atoms with Crippen LogP contribution in [0, 0.1) is 0 Å². The summed E-state index contributed by atoms with van der Waals surface area (Å²) >= 11 is 0. The lowest BCUT2D eigenvalue weighted by atomic mass is 10.00. The molecular weight excluding hydrogens is 496 g/mol. The number of anilines is 2. The number of ether oxygens (including phenoxy) is 1. The van der Waals surface area contributed by atoms with Crippen LogP contribution in [0.4, 0.5) is 11.6 Å². The number of carbonyl (C=O) groups is 2. The van der Waals surface area contributed by atoms with Gasteiger partial charge in [-0.05, 0) is 42.5 Å². The van der Waals surface area contributed by atoms with Crippen LogP contribution in [0.15, 0.2) is 36.4 Å². The number of piperidine rings is 1. The van der Waals surface area contributed by atoms with E-state index in [2.05, 4.69) is 33.7 Å². The summed E-state index contributed by atoms with van der Waals surface area (Å²) in [6, 6.07) is 12.1. The van der Waals surface area contributed by atoms with Gasteiger partial charge in [-0.15, -0.1) is 0 Å². The summed E-state index contributed by atoms with van der Waals surface area (Å²) in [7, 11) is 3.57. The van der Waals surface area contributed by atoms with Crippen molar-refractivity contribution in [3.8, 4) is 0 Å². The number of aromatic nitrogens is 1. The molecule has 2 amide bonds. The van der Waals surface area contributed by atoms with Gasteiger partial charge in [0.05, 0.1) is 12.7 Å². The number of aliphatic hydroxyl groups is 1. The molecule has 2 aliphatic heterocycles. The van der Waals surface area contributed by atoms with Crippen molar-refractivity contribution >= 4 is 23.5 Å². The van der Waals surface area contributed by atoms with Gasteiger partial charge in [0, 0.05) is 78.5 Å². The van der Waals surface area contributed by atoms with Crippen LogP contribution in [0.1, 0.15) is 41.3 Å². The minimum Gasteiger partial charge on any atom is -0.390 e. The first-order valence-corrected chi connectivity index (χ1v) is 13.8. The molecule has 1 aromatic carbocycles. The molecule has 0 aliphatic carbocycles. The van der Waals surface area contributed by atoms with E-state index in [4.69, 9.17) is 9.72 Å². The molecule has 0 spiro atoms. The number of likely N-dealkylation sites (tertiary alicyclic amines) is 1. The number of nitrogens with zero attached hydrogens (tertiary/aromatic N) is 4. The van der Waals surface area contributed by atoms with Crippen molar-refractivity contribution in [1.82, 2.24) is 20.1 Å². The lowest BCUT2D eigenvalue weighted by molar-refractivity contribution is -0.129. The number of β-amino-alcohol motifs (C(OH)–C–C–N with tert-alkyl or cyclic N) is 1. The van der Waals surface area contributed by atoms with Crippen LogP contribution in [0.5, 0.6) is 0 Å². The maximum absolute atomic E-state index is 13.2. The molecule has 1 aromatic heterocycles. The Kier molecular flexibility index (Phi) is 10.1. The van der Waals surface area contributed by atoms with E-state index in [9.17, 15) is 14.7 Å². The smallest absolute Gasteiger partial charge is 0.251 e. The topological polar surface area (TPSA) is 110 Å². The standard InChI is InChI=1S/C29H42N6O4/c1-21(36)35-12-9-25(10-13-35)31-27-16-24(17-28(32-27)33(2)14-15-39-3)29(38)30-18-26(37)20-34-11-8-22-6-4-5-7-23(22)19-34/h4-7,16-17,25-26,37H,8-15,18-20H2,1-3H3,(H,30,38)(H,31,32)/t26-/m0/s1. The average molecular weight is 539 g/mol. The highest BCUT2D eigenvalue weighted by molar-refractivity contribution is 5.95. The summed E-state index contributed by atoms with van der Waals surface area (Å²) in [5.41, 5.74) is 3.15. The highest BCUT2D eigenvalue weighted by Gasteiger charge is 2.23. The zero-order valence-electron chi connectivity index (χ0n) is 23.4. The summed E-state index contributed by atoms with van der Waals surface area (Å²) in [5.74, 6) is 1.13. The molecule has 1 fully saturated rings. The molecule has 2 aliphatic rings. The maximum atomic E-state index is 13.2. The molecule has 39 heavy (non-hydrogen) atoms. The fourth-order valence-electron chi connectivity index (χ4n) is 5.19. The minimum absolute atomic E-state index is 0.0968. The summed E-state index contributed by atoms with van der Waals surface area (Å²) in [4.78, 5) is 35.6. The zero-order chi connectivity index (χ0) is 27.8. The van der Waals surface area contributed by atoms with Crippen molar-refractivity contribution in [2.45, 2.75) is 44.9 Å². The molecule has 212 valence electrons. The molecule has 3 heterocycles. The second-order valence-corrected chi connectivity index (χ2v) is 10.6. The molecule has 1 saturated heterocycles. The van der Waals surface area contributed by atoms with Crippen molar-refractivity contribution in [3.63, 3.8) is 0 Å². The number of aliphatic hydroxyl groups excluding tert-OH is 1. The number of carbonyl (C=O) groups excluding carboxylic acids is 2. The molecule has 10 nitrogen and oxygen atoms in total. The fraction of sp³-hybridized carbons (Fsp3) is 0.552. The SMILES string of the molecule is COCCN(C)c1cc(C(=O)NC[C@H](O)CN2CCc3ccccc3C2)cc(NC2CCN(C(C)=O)CC2)n1. The quantitative estimate of drug-likeness (QED) is 0.397. The van der Waals surface area contributed by atoms with Crippen LogP contribution in [-0.4, -0.2) is 104 Å². The van der Waals surface area contributed by atoms with Crippen LogP contribution in [0.3, 0.4) is 0 Å². The first kappa shape index (κ1) is 28.8. The molecule has 0 unspecified atom stereocenters. The maximum Gasteiger partial charge on any atom is 0.251 e. The third-order valence-electron chi connectivity index (χ3n) is 7.57. The minimum atomic E-state index is -0.672. The summed E-state index contributed by atoms with van der Waals surface area (Å²) in [6.07, 6.45) is 1.93. The average Bonchev–Trinajstić information content (AvgIpc) is 2.94. The van der Waals surface area contributed by atoms with E-state index in [1.165, 1.54) is 11.1 Å². The third kappa shape index (κ3) is 8.14. The second-order valence-electron chi connectivity index (χ2n) is 10.6. The highest BCUT2D eigenvalue weighted by atomic mass is 16.5. The molecule has 4 rings (SSSR count). The van der Waals surface area contributed by atoms with E-state index < -0.39 is 6.10 Å². The van der Waals surface area contributed by atoms with Crippen LogP contribution in [0.2, 0.25) is 0 Å². The van der Waals surface area contributed by atoms with Crippen LogP contribution in [0.25, 0.3) is 0 Å². The Morgan fingerprint density at radius 2 is 1.92 bits per heavy atom. The largest absolute Gasteiger partial charge is 0.390 e. The highest BCUT2D eigenvalue weighted by Crippen LogP contribution is 2.22. The predicted molar refractivity (Wildman–Crippen MR) is 152 cm³/mol. The van der Waals surface area contributed by atoms with Crippen molar-refractivity contribution < 1.29 is 19.4 Å². The van der Waals surface area contributed by atoms with E-state index >= 15 is 0 Å². The van der Waals surface area contributed by atoms with Crippen molar-refractivity contribution in [2.24, 2.45) is 0 Å². The number of amides is 2. The van der Waals surface area contributed by atoms with E-state index in [1.54, 1.807) is 26.2 Å². The van der Waals surface area contributed by atoms with Gasteiger partial charge in [0.15, 0.2) is 0 Å². The van der Waals surface area contributed by atoms with Crippen molar-refractivity contribution in [3.05, 3.63) is 53.1 Å². The zero-order valence-corrected chi connectivity index (χ0v) is 23.4. The number of hydrogen-bond donors (Lipinski definition) is 3. The molecular formula is C29H42N6O4. The van der Waals surface area contributed by atoms with Crippen molar-refractivity contribution in [2.75, 3.05) is 70.2 Å². The number of benzene rings is 1. The number of rotatable bonds is 11. The number of methoxy groups -OCH3 is 1. The Morgan fingerprint density at radius 1 is 1.18 bits per heavy atom. The number of hydrogen-bond acceptors (Lipinski definition) is 8. The molecule has 0 radical (unpaired) electrons. The Morgan fingerprint density at radius 3 is 2.64 bits per heavy atom. The van der Waals surface area contributed by atoms with Gasteiger partial charge < -0.3 is 30.3 Å². The van der Waals surface area contributed by atoms with E-state index in [-0.39, 0.29) is 24.4 Å². The van der Waals surface area contributed by atoms with Crippen LogP contribution >= 0.6 is 0 Å². The fourth-order valence-corrected chi connectivity index (χ4v) is 5.19. The molecule has 0 saturated carbocycles. The monoisotopic (exact) mass is 538 g/mol. The van der Waals surface area contributed by atoms with Crippen LogP contribution in [-0.2, 0) is 22.5 Å². The summed E-state index contributed by atoms with van der Waals surface area (Å²) < 4.78 is 5.21. The predicted octanol–water partition coefficient (Wildman–Crippen LogP) is 1.74. The van der Waals surface area contributed by atoms with E-state index in [0.29, 0.717) is 50.0 Å². The molecule has 0 bridgehead atoms. The van der Waals surface area contributed by atoms with E-state index in [1.807, 2.05) is 22.9 Å². The Bertz CT molecular complexity index is 1120. The Labute approximate surface area is 231 Å². The Balaban J connectivity index is 1.37. The van der Waals surface area contributed by atoms with Gasteiger partial charge in [-0.1, -0.05) is 24.3 Å². The lowest BCUT2D eigenvalue weighted by Gasteiger charge is -2.32. The molecule has 2 aromatic rings. The number of likely N-dealkylation sites (N-methyl/N-ethyl adjacent to an activating group) is 1. The van der Waals surface area contributed by atoms with Gasteiger partial charge in [0.2, 0.25) is 5.91 Å². The van der Waals surface area contributed by atoms with E-state index in [0.717, 1.165) is 32.4 Å².